The monoisotopic (exact) mass is 212 g/mol. The molecule has 0 aliphatic rings. The molecule has 0 N–H and O–H groups in total. The highest BCUT2D eigenvalue weighted by atomic mass is 16.6. The highest BCUT2D eigenvalue weighted by Crippen LogP contribution is 2.25. The van der Waals surface area contributed by atoms with E-state index in [4.69, 9.17) is 0 Å². The summed E-state index contributed by atoms with van der Waals surface area (Å²) < 4.78 is 0. The molecule has 2 aromatic carbocycles. The Morgan fingerprint density at radius 1 is 1.12 bits per heavy atom. The largest absolute Gasteiger partial charge is 0.270 e. The first kappa shape index (κ1) is 10.4. The van der Waals surface area contributed by atoms with Crippen molar-refractivity contribution in [1.82, 2.24) is 0 Å². The molecule has 79 valence electrons. The van der Waals surface area contributed by atoms with E-state index >= 15 is 0 Å². The predicted molar refractivity (Wildman–Crippen MR) is 62.1 cm³/mol. The van der Waals surface area contributed by atoms with Crippen LogP contribution < -0.4 is 0 Å². The van der Waals surface area contributed by atoms with Gasteiger partial charge in [0.25, 0.3) is 5.69 Å². The highest BCUT2D eigenvalue weighted by molar-refractivity contribution is 5.67. The number of hydrogen-bond acceptors (Lipinski definition) is 2. The van der Waals surface area contributed by atoms with Crippen LogP contribution in [0.3, 0.4) is 0 Å². The molecule has 0 fully saturated rings. The first-order chi connectivity index (χ1) is 7.66. The summed E-state index contributed by atoms with van der Waals surface area (Å²) in [6.07, 6.45) is 0. The Bertz CT molecular complexity index is 521. The molecular formula is C13H10NO2. The van der Waals surface area contributed by atoms with Gasteiger partial charge in [-0.2, -0.15) is 0 Å². The predicted octanol–water partition coefficient (Wildman–Crippen LogP) is 3.37. The van der Waals surface area contributed by atoms with E-state index in [1.165, 1.54) is 0 Å². The fourth-order valence-corrected chi connectivity index (χ4v) is 1.61. The molecule has 2 aromatic rings. The second-order valence-corrected chi connectivity index (χ2v) is 3.60. The smallest absolute Gasteiger partial charge is 0.258 e. The molecule has 0 saturated heterocycles. The van der Waals surface area contributed by atoms with E-state index in [2.05, 4.69) is 6.07 Å². The second-order valence-electron chi connectivity index (χ2n) is 3.60. The fraction of sp³-hybridized carbons (Fsp3) is 0.0769. The van der Waals surface area contributed by atoms with Crippen molar-refractivity contribution in [3.63, 3.8) is 0 Å². The number of nitrogens with zero attached hydrogens (tertiary/aromatic N) is 1. The van der Waals surface area contributed by atoms with Gasteiger partial charge in [0.05, 0.1) is 4.92 Å². The second kappa shape index (κ2) is 4.14. The molecule has 3 heteroatoms. The van der Waals surface area contributed by atoms with E-state index < -0.39 is 0 Å². The van der Waals surface area contributed by atoms with E-state index in [9.17, 15) is 10.1 Å². The van der Waals surface area contributed by atoms with Gasteiger partial charge >= 0.3 is 0 Å². The molecule has 0 unspecified atom stereocenters. The van der Waals surface area contributed by atoms with Gasteiger partial charge in [-0.05, 0) is 29.7 Å². The van der Waals surface area contributed by atoms with Crippen molar-refractivity contribution in [2.75, 3.05) is 0 Å². The summed E-state index contributed by atoms with van der Waals surface area (Å²) in [6, 6.07) is 15.4. The number of nitro groups is 1. The van der Waals surface area contributed by atoms with E-state index in [1.807, 2.05) is 25.1 Å². The Labute approximate surface area is 93.5 Å². The van der Waals surface area contributed by atoms with Crippen molar-refractivity contribution in [3.05, 3.63) is 64.2 Å². The average molecular weight is 212 g/mol. The summed E-state index contributed by atoms with van der Waals surface area (Å²) in [5.41, 5.74) is 2.84. The van der Waals surface area contributed by atoms with Gasteiger partial charge in [-0.3, -0.25) is 10.1 Å². The number of aryl methyl sites for hydroxylation is 1. The van der Waals surface area contributed by atoms with Gasteiger partial charge in [0, 0.05) is 12.1 Å². The maximum Gasteiger partial charge on any atom is 0.270 e. The van der Waals surface area contributed by atoms with E-state index in [1.54, 1.807) is 24.3 Å². The highest BCUT2D eigenvalue weighted by Gasteiger charge is 2.08. The Hall–Kier alpha value is -2.16. The molecule has 2 rings (SSSR count). The van der Waals surface area contributed by atoms with Crippen LogP contribution in [-0.4, -0.2) is 4.92 Å². The molecular weight excluding hydrogens is 202 g/mol. The number of non-ortho nitro benzene ring substituents is 1. The molecule has 0 bridgehead atoms. The van der Waals surface area contributed by atoms with Gasteiger partial charge in [0.2, 0.25) is 0 Å². The zero-order chi connectivity index (χ0) is 11.5. The van der Waals surface area contributed by atoms with Gasteiger partial charge in [0.1, 0.15) is 0 Å². The number of hydrogen-bond donors (Lipinski definition) is 0. The zero-order valence-electron chi connectivity index (χ0n) is 8.81. The summed E-state index contributed by atoms with van der Waals surface area (Å²) in [7, 11) is 0. The molecule has 3 nitrogen and oxygen atoms in total. The maximum atomic E-state index is 10.7. The van der Waals surface area contributed by atoms with Gasteiger partial charge in [0.15, 0.2) is 0 Å². The minimum atomic E-state index is -0.369. The summed E-state index contributed by atoms with van der Waals surface area (Å²) >= 11 is 0. The van der Waals surface area contributed by atoms with E-state index in [0.29, 0.717) is 0 Å². The molecule has 0 heterocycles. The van der Waals surface area contributed by atoms with Crippen LogP contribution in [0.1, 0.15) is 5.56 Å². The van der Waals surface area contributed by atoms with E-state index in [-0.39, 0.29) is 10.6 Å². The number of nitro benzene ring substituents is 1. The first-order valence-corrected chi connectivity index (χ1v) is 4.89. The van der Waals surface area contributed by atoms with Crippen LogP contribution in [0.15, 0.2) is 42.5 Å². The van der Waals surface area contributed by atoms with Crippen LogP contribution in [0.25, 0.3) is 11.1 Å². The minimum absolute atomic E-state index is 0.128. The third-order valence-electron chi connectivity index (χ3n) is 2.32. The quantitative estimate of drug-likeness (QED) is 0.565. The maximum absolute atomic E-state index is 10.7. The summed E-state index contributed by atoms with van der Waals surface area (Å²) in [5.74, 6) is 0. The lowest BCUT2D eigenvalue weighted by Gasteiger charge is -2.02. The summed E-state index contributed by atoms with van der Waals surface area (Å²) in [5, 5.41) is 10.7. The van der Waals surface area contributed by atoms with E-state index in [0.717, 1.165) is 16.7 Å². The van der Waals surface area contributed by atoms with Crippen LogP contribution >= 0.6 is 0 Å². The normalized spacial score (nSPS) is 10.1. The topological polar surface area (TPSA) is 43.1 Å². The van der Waals surface area contributed by atoms with Crippen molar-refractivity contribution in [2.45, 2.75) is 6.92 Å². The molecule has 0 amide bonds. The third-order valence-corrected chi connectivity index (χ3v) is 2.32. The number of benzene rings is 2. The van der Waals surface area contributed by atoms with Gasteiger partial charge < -0.3 is 0 Å². The van der Waals surface area contributed by atoms with Gasteiger partial charge in [-0.15, -0.1) is 0 Å². The molecule has 16 heavy (non-hydrogen) atoms. The Morgan fingerprint density at radius 3 is 2.44 bits per heavy atom. The molecule has 0 atom stereocenters. The summed E-state index contributed by atoms with van der Waals surface area (Å²) in [4.78, 5) is 10.4. The molecule has 0 aliphatic carbocycles. The van der Waals surface area contributed by atoms with Crippen LogP contribution in [0.2, 0.25) is 0 Å². The van der Waals surface area contributed by atoms with Crippen LogP contribution in [-0.2, 0) is 0 Å². The van der Waals surface area contributed by atoms with Crippen LogP contribution in [0, 0.1) is 23.1 Å². The first-order valence-electron chi connectivity index (χ1n) is 4.89. The Morgan fingerprint density at radius 2 is 1.81 bits per heavy atom. The van der Waals surface area contributed by atoms with Crippen molar-refractivity contribution in [3.8, 4) is 11.1 Å². The SMILES string of the molecule is Cc1cc(-c2cc[c]cc2)cc([N+](=O)[O-])c1. The third kappa shape index (κ3) is 2.08. The van der Waals surface area contributed by atoms with Crippen molar-refractivity contribution >= 4 is 5.69 Å². The molecule has 0 aliphatic heterocycles. The van der Waals surface area contributed by atoms with Crippen LogP contribution in [0.4, 0.5) is 5.69 Å². The minimum Gasteiger partial charge on any atom is -0.258 e. The fourth-order valence-electron chi connectivity index (χ4n) is 1.61. The Balaban J connectivity index is 2.54. The van der Waals surface area contributed by atoms with Crippen LogP contribution in [0.5, 0.6) is 0 Å². The van der Waals surface area contributed by atoms with Gasteiger partial charge in [-0.1, -0.05) is 30.3 Å². The van der Waals surface area contributed by atoms with Gasteiger partial charge in [-0.25, -0.2) is 0 Å². The molecule has 0 spiro atoms. The summed E-state index contributed by atoms with van der Waals surface area (Å²) in [6.45, 7) is 1.85. The molecule has 1 radical (unpaired) electrons. The Kier molecular flexibility index (Phi) is 2.68. The number of rotatable bonds is 2. The lowest BCUT2D eigenvalue weighted by molar-refractivity contribution is -0.384. The van der Waals surface area contributed by atoms with Crippen molar-refractivity contribution < 1.29 is 4.92 Å². The lowest BCUT2D eigenvalue weighted by atomic mass is 10.0. The zero-order valence-corrected chi connectivity index (χ0v) is 8.81. The molecule has 0 aromatic heterocycles. The molecule has 0 saturated carbocycles. The lowest BCUT2D eigenvalue weighted by Crippen LogP contribution is -1.90. The standard InChI is InChI=1S/C13H10NO2/c1-10-7-12(9-13(8-10)14(15)16)11-5-3-2-4-6-11/h3-9H,1H3. The average Bonchev–Trinajstić information content (AvgIpc) is 2.29. The van der Waals surface area contributed by atoms with Crippen molar-refractivity contribution in [2.24, 2.45) is 0 Å². The van der Waals surface area contributed by atoms with Crippen molar-refractivity contribution in [1.29, 1.82) is 0 Å².